The van der Waals surface area contributed by atoms with Crippen molar-refractivity contribution < 1.29 is 14.4 Å². The Morgan fingerprint density at radius 3 is 1.37 bits per heavy atom. The summed E-state index contributed by atoms with van der Waals surface area (Å²) >= 11 is 0. The molecule has 8 heteroatoms. The van der Waals surface area contributed by atoms with E-state index >= 15 is 4.79 Å². The predicted molar refractivity (Wildman–Crippen MR) is 269 cm³/mol. The van der Waals surface area contributed by atoms with E-state index in [1.165, 1.54) is 17.4 Å². The zero-order valence-electron chi connectivity index (χ0n) is 39.8. The van der Waals surface area contributed by atoms with Crippen LogP contribution in [0.2, 0.25) is 0 Å². The largest absolute Gasteiger partial charge is 0.331 e. The molecule has 9 rings (SSSR count). The molecule has 0 atom stereocenters. The lowest BCUT2D eigenvalue weighted by Crippen LogP contribution is -2.47. The molecule has 0 aliphatic carbocycles. The van der Waals surface area contributed by atoms with Crippen LogP contribution in [0.25, 0.3) is 64.6 Å². The fourth-order valence-corrected chi connectivity index (χ4v) is 12.2. The van der Waals surface area contributed by atoms with Crippen molar-refractivity contribution in [1.82, 2.24) is 14.4 Å². The van der Waals surface area contributed by atoms with Crippen molar-refractivity contribution >= 4 is 82.4 Å². The van der Waals surface area contributed by atoms with Gasteiger partial charge < -0.3 is 4.90 Å². The molecule has 0 fully saturated rings. The number of carbonyl (C=O) groups excluding carboxylic acids is 3. The van der Waals surface area contributed by atoms with Crippen molar-refractivity contribution in [2.45, 2.75) is 195 Å². The molecule has 342 valence electrons. The lowest BCUT2D eigenvalue weighted by atomic mass is 9.78. The molecule has 0 saturated carbocycles. The average Bonchev–Trinajstić information content (AvgIpc) is 3.56. The van der Waals surface area contributed by atoms with E-state index in [2.05, 4.69) is 44.7 Å². The van der Waals surface area contributed by atoms with Gasteiger partial charge in [-0.2, -0.15) is 0 Å². The molecule has 65 heavy (non-hydrogen) atoms. The van der Waals surface area contributed by atoms with Gasteiger partial charge in [0.25, 0.3) is 28.8 Å². The summed E-state index contributed by atoms with van der Waals surface area (Å²) in [6.45, 7) is 11.5. The van der Waals surface area contributed by atoms with Crippen molar-refractivity contribution in [2.75, 3.05) is 0 Å². The number of carbonyl (C=O) groups is 3. The van der Waals surface area contributed by atoms with Gasteiger partial charge in [-0.05, 0) is 105 Å². The third-order valence-corrected chi connectivity index (χ3v) is 15.4. The van der Waals surface area contributed by atoms with Gasteiger partial charge >= 0.3 is 0 Å². The van der Waals surface area contributed by atoms with Crippen molar-refractivity contribution in [2.24, 2.45) is 0 Å². The third-order valence-electron chi connectivity index (χ3n) is 15.4. The molecule has 2 aliphatic heterocycles. The highest BCUT2D eigenvalue weighted by Gasteiger charge is 2.40. The molecule has 0 bridgehead atoms. The summed E-state index contributed by atoms with van der Waals surface area (Å²) < 4.78 is 1.39. The Balaban J connectivity index is 1.28. The summed E-state index contributed by atoms with van der Waals surface area (Å²) in [6, 6.07) is 11.9. The van der Waals surface area contributed by atoms with Crippen LogP contribution >= 0.6 is 0 Å². The maximum atomic E-state index is 15.2. The van der Waals surface area contributed by atoms with Crippen LogP contribution in [-0.4, -0.2) is 44.2 Å². The van der Waals surface area contributed by atoms with Gasteiger partial charge in [0.05, 0.1) is 10.8 Å². The van der Waals surface area contributed by atoms with Crippen LogP contribution in [0.15, 0.2) is 46.0 Å². The molecule has 0 radical (unpaired) electrons. The standard InChI is InChI=1S/C57H69N3O5/c1-6-11-15-19-23-36(24-20-16-12-7-2)59-34-35-32-42-49-47-38(27-29-40(45(35)47)53(59)61)39-28-30-41-46-44(33-43(50(49)48(39)46)52-51(42)56(64)58(31-10-5)57(52)65)55(63)60(54(41)62)37(25-21-17-13-8-3)26-22-18-14-9-4/h27-30,32-33,36-37H,6-26,31,34H2,1-5H3. The molecule has 0 saturated heterocycles. The summed E-state index contributed by atoms with van der Waals surface area (Å²) in [5, 5.41) is 8.79. The molecule has 3 heterocycles. The van der Waals surface area contributed by atoms with Gasteiger partial charge in [-0.15, -0.1) is 0 Å². The molecular formula is C57H69N3O5. The predicted octanol–water partition coefficient (Wildman–Crippen LogP) is 14.0. The smallest absolute Gasteiger partial charge is 0.262 e. The highest BCUT2D eigenvalue weighted by Crippen LogP contribution is 2.52. The van der Waals surface area contributed by atoms with Gasteiger partial charge in [-0.1, -0.05) is 149 Å². The van der Waals surface area contributed by atoms with Crippen LogP contribution in [-0.2, 0) is 13.1 Å². The highest BCUT2D eigenvalue weighted by atomic mass is 16.2. The first-order valence-corrected chi connectivity index (χ1v) is 25.8. The summed E-state index contributed by atoms with van der Waals surface area (Å²) in [7, 11) is 0. The molecule has 1 aromatic heterocycles. The number of aromatic nitrogens is 1. The Bertz CT molecular complexity index is 2990. The molecule has 3 amide bonds. The summed E-state index contributed by atoms with van der Waals surface area (Å²) in [5.74, 6) is -0.500. The SMILES string of the molecule is CCCCCCC(CCCCCC)N1Cc2cc3c4c(=O)n(CCC)c(=O)c4c4cc5c6c(ccc7c8ccc(c2c8c3c4c67)C1=O)C(=O)N(C(CCCCCC)CCCCCC)C5=O. The van der Waals surface area contributed by atoms with E-state index in [0.29, 0.717) is 57.7 Å². The average molecular weight is 876 g/mol. The van der Waals surface area contributed by atoms with Crippen LogP contribution in [0.3, 0.4) is 0 Å². The second kappa shape index (κ2) is 19.0. The first-order valence-electron chi connectivity index (χ1n) is 25.8. The van der Waals surface area contributed by atoms with Gasteiger partial charge in [-0.3, -0.25) is 33.4 Å². The molecule has 8 nitrogen and oxygen atoms in total. The minimum absolute atomic E-state index is 0.0587. The zero-order valence-corrected chi connectivity index (χ0v) is 39.8. The van der Waals surface area contributed by atoms with Gasteiger partial charge in [0.1, 0.15) is 0 Å². The molecule has 6 aromatic carbocycles. The number of amides is 3. The molecule has 7 aromatic rings. The van der Waals surface area contributed by atoms with Crippen LogP contribution in [0, 0.1) is 0 Å². The van der Waals surface area contributed by atoms with Gasteiger partial charge in [-0.25, -0.2) is 0 Å². The van der Waals surface area contributed by atoms with Crippen molar-refractivity contribution in [1.29, 1.82) is 0 Å². The lowest BCUT2D eigenvalue weighted by molar-refractivity contribution is 0.0516. The lowest BCUT2D eigenvalue weighted by Gasteiger charge is -2.37. The van der Waals surface area contributed by atoms with E-state index in [4.69, 9.17) is 0 Å². The summed E-state index contributed by atoms with van der Waals surface area (Å²) in [4.78, 5) is 78.4. The van der Waals surface area contributed by atoms with Gasteiger partial charge in [0.2, 0.25) is 0 Å². The summed E-state index contributed by atoms with van der Waals surface area (Å²) in [5.41, 5.74) is 1.99. The molecular weight excluding hydrogens is 807 g/mol. The van der Waals surface area contributed by atoms with E-state index in [9.17, 15) is 19.2 Å². The molecule has 2 aliphatic rings. The Morgan fingerprint density at radius 1 is 0.415 bits per heavy atom. The number of nitrogens with zero attached hydrogens (tertiary/aromatic N) is 3. The van der Waals surface area contributed by atoms with Gasteiger partial charge in [0, 0.05) is 52.6 Å². The Morgan fingerprint density at radius 2 is 0.862 bits per heavy atom. The highest BCUT2D eigenvalue weighted by molar-refractivity contribution is 6.48. The van der Waals surface area contributed by atoms with Gasteiger partial charge in [0.15, 0.2) is 0 Å². The normalized spacial score (nSPS) is 14.4. The maximum Gasteiger partial charge on any atom is 0.262 e. The summed E-state index contributed by atoms with van der Waals surface area (Å²) in [6.07, 6.45) is 21.7. The number of imide groups is 1. The minimum atomic E-state index is -0.330. The Kier molecular flexibility index (Phi) is 13.2. The maximum absolute atomic E-state index is 15.2. The first kappa shape index (κ1) is 45.1. The third kappa shape index (κ3) is 7.46. The number of benzene rings is 6. The number of hydrogen-bond acceptors (Lipinski definition) is 5. The van der Waals surface area contributed by atoms with E-state index in [0.717, 1.165) is 164 Å². The fraction of sp³-hybridized carbons (Fsp3) is 0.526. The van der Waals surface area contributed by atoms with Crippen molar-refractivity contribution in [3.63, 3.8) is 0 Å². The second-order valence-corrected chi connectivity index (χ2v) is 19.8. The first-order chi connectivity index (χ1) is 31.7. The molecule has 0 unspecified atom stereocenters. The number of unbranched alkanes of at least 4 members (excludes halogenated alkanes) is 12. The molecule has 0 N–H and O–H groups in total. The molecule has 0 spiro atoms. The number of rotatable bonds is 24. The van der Waals surface area contributed by atoms with E-state index in [1.54, 1.807) is 4.90 Å². The fourth-order valence-electron chi connectivity index (χ4n) is 12.2. The quantitative estimate of drug-likeness (QED) is 0.0261. The second-order valence-electron chi connectivity index (χ2n) is 19.8. The zero-order chi connectivity index (χ0) is 45.5. The Labute approximate surface area is 383 Å². The van der Waals surface area contributed by atoms with Crippen molar-refractivity contribution in [3.05, 3.63) is 79.4 Å². The van der Waals surface area contributed by atoms with Crippen molar-refractivity contribution in [3.8, 4) is 0 Å². The van der Waals surface area contributed by atoms with Crippen LogP contribution < -0.4 is 11.1 Å². The van der Waals surface area contributed by atoms with E-state index in [1.807, 2.05) is 31.2 Å². The number of hydrogen-bond donors (Lipinski definition) is 0. The minimum Gasteiger partial charge on any atom is -0.331 e. The number of fused-ring (bicyclic) bond motifs is 4. The van der Waals surface area contributed by atoms with Crippen LogP contribution in [0.1, 0.15) is 206 Å². The van der Waals surface area contributed by atoms with E-state index in [-0.39, 0.29) is 40.9 Å². The Hall–Kier alpha value is -5.11. The van der Waals surface area contributed by atoms with Crippen LogP contribution in [0.5, 0.6) is 0 Å². The topological polar surface area (TPSA) is 96.8 Å². The van der Waals surface area contributed by atoms with Crippen LogP contribution in [0.4, 0.5) is 0 Å². The monoisotopic (exact) mass is 876 g/mol. The van der Waals surface area contributed by atoms with E-state index < -0.39 is 0 Å².